The van der Waals surface area contributed by atoms with Crippen LogP contribution in [0.1, 0.15) is 31.8 Å². The van der Waals surface area contributed by atoms with Gasteiger partial charge < -0.3 is 39.4 Å². The van der Waals surface area contributed by atoms with E-state index in [0.717, 1.165) is 0 Å². The SMILES string of the molecule is O=C(O)c1cc(COCCOCCO)cc(C(=O)O)c1COCCOCCO. The molecule has 4 N–H and O–H groups in total. The molecule has 10 heteroatoms. The van der Waals surface area contributed by atoms with Crippen LogP contribution in [0, 0.1) is 0 Å². The zero-order valence-electron chi connectivity index (χ0n) is 15.5. The second-order valence-electron chi connectivity index (χ2n) is 5.56. The highest BCUT2D eigenvalue weighted by molar-refractivity contribution is 5.97. The van der Waals surface area contributed by atoms with Crippen LogP contribution >= 0.6 is 0 Å². The molecular formula is C18H26O10. The van der Waals surface area contributed by atoms with Gasteiger partial charge in [-0.05, 0) is 17.7 Å². The average Bonchev–Trinajstić information content (AvgIpc) is 2.67. The van der Waals surface area contributed by atoms with Gasteiger partial charge in [0.1, 0.15) is 0 Å². The molecule has 0 aromatic heterocycles. The predicted octanol–water partition coefficient (Wildman–Crippen LogP) is 0.134. The second-order valence-corrected chi connectivity index (χ2v) is 5.56. The Morgan fingerprint density at radius 1 is 0.679 bits per heavy atom. The molecule has 0 aliphatic heterocycles. The molecule has 0 radical (unpaired) electrons. The zero-order chi connectivity index (χ0) is 20.8. The highest BCUT2D eigenvalue weighted by Crippen LogP contribution is 2.20. The lowest BCUT2D eigenvalue weighted by Crippen LogP contribution is -2.15. The first-order chi connectivity index (χ1) is 13.5. The summed E-state index contributed by atoms with van der Waals surface area (Å²) in [5.74, 6) is -2.54. The maximum absolute atomic E-state index is 11.6. The lowest BCUT2D eigenvalue weighted by atomic mass is 9.98. The molecule has 0 bridgehead atoms. The minimum Gasteiger partial charge on any atom is -0.478 e. The first kappa shape index (κ1) is 24.0. The van der Waals surface area contributed by atoms with E-state index in [-0.39, 0.29) is 82.8 Å². The summed E-state index contributed by atoms with van der Waals surface area (Å²) in [4.78, 5) is 23.2. The number of rotatable bonds is 16. The Hall–Kier alpha value is -2.08. The summed E-state index contributed by atoms with van der Waals surface area (Å²) in [6, 6.07) is 2.70. The van der Waals surface area contributed by atoms with Crippen LogP contribution < -0.4 is 0 Å². The fourth-order valence-corrected chi connectivity index (χ4v) is 2.29. The molecular weight excluding hydrogens is 376 g/mol. The van der Waals surface area contributed by atoms with Crippen LogP contribution in [0.5, 0.6) is 0 Å². The fourth-order valence-electron chi connectivity index (χ4n) is 2.29. The third-order valence-corrected chi connectivity index (χ3v) is 3.50. The highest BCUT2D eigenvalue weighted by Gasteiger charge is 2.20. The molecule has 0 amide bonds. The summed E-state index contributed by atoms with van der Waals surface area (Å²) < 4.78 is 20.7. The van der Waals surface area contributed by atoms with Crippen LogP contribution in [0.3, 0.4) is 0 Å². The number of aromatic carboxylic acids is 2. The van der Waals surface area contributed by atoms with Gasteiger partial charge in [0.15, 0.2) is 0 Å². The Balaban J connectivity index is 2.78. The van der Waals surface area contributed by atoms with Crippen molar-refractivity contribution in [1.82, 2.24) is 0 Å². The number of aliphatic hydroxyl groups excluding tert-OH is 2. The van der Waals surface area contributed by atoms with Gasteiger partial charge in [0.25, 0.3) is 0 Å². The maximum Gasteiger partial charge on any atom is 0.336 e. The molecule has 158 valence electrons. The number of carbonyl (C=O) groups is 2. The molecule has 0 saturated heterocycles. The first-order valence-electron chi connectivity index (χ1n) is 8.66. The van der Waals surface area contributed by atoms with Crippen molar-refractivity contribution < 1.29 is 49.0 Å². The zero-order valence-corrected chi connectivity index (χ0v) is 15.5. The van der Waals surface area contributed by atoms with E-state index in [4.69, 9.17) is 29.2 Å². The van der Waals surface area contributed by atoms with Crippen LogP contribution in [-0.4, -0.2) is 85.2 Å². The van der Waals surface area contributed by atoms with E-state index >= 15 is 0 Å². The van der Waals surface area contributed by atoms with Gasteiger partial charge in [-0.15, -0.1) is 0 Å². The minimum absolute atomic E-state index is 0.0131. The molecule has 1 aromatic rings. The Bertz CT molecular complexity index is 581. The van der Waals surface area contributed by atoms with E-state index in [1.807, 2.05) is 0 Å². The summed E-state index contributed by atoms with van der Waals surface area (Å²) in [6.07, 6.45) is 0. The maximum atomic E-state index is 11.6. The standard InChI is InChI=1S/C18H26O10/c19-1-3-25-5-7-27-11-13-9-14(17(21)22)16(15(10-13)18(23)24)12-28-8-6-26-4-2-20/h9-10,19-20H,1-8,11-12H2,(H,21,22)(H,23,24). The van der Waals surface area contributed by atoms with E-state index in [1.54, 1.807) is 0 Å². The van der Waals surface area contributed by atoms with Crippen molar-refractivity contribution in [2.24, 2.45) is 0 Å². The van der Waals surface area contributed by atoms with Gasteiger partial charge in [-0.2, -0.15) is 0 Å². The number of benzene rings is 1. The Morgan fingerprint density at radius 3 is 1.54 bits per heavy atom. The highest BCUT2D eigenvalue weighted by atomic mass is 16.5. The van der Waals surface area contributed by atoms with Crippen molar-refractivity contribution in [2.45, 2.75) is 13.2 Å². The van der Waals surface area contributed by atoms with E-state index < -0.39 is 11.9 Å². The van der Waals surface area contributed by atoms with Crippen molar-refractivity contribution in [2.75, 3.05) is 52.9 Å². The lowest BCUT2D eigenvalue weighted by molar-refractivity contribution is 0.0260. The molecule has 0 aliphatic carbocycles. The van der Waals surface area contributed by atoms with Gasteiger partial charge in [0.05, 0.1) is 77.2 Å². The van der Waals surface area contributed by atoms with Gasteiger partial charge in [-0.25, -0.2) is 9.59 Å². The molecule has 0 atom stereocenters. The summed E-state index contributed by atoms with van der Waals surface area (Å²) in [7, 11) is 0. The summed E-state index contributed by atoms with van der Waals surface area (Å²) >= 11 is 0. The molecule has 0 fully saturated rings. The molecule has 0 unspecified atom stereocenters. The van der Waals surface area contributed by atoms with Gasteiger partial charge in [0.2, 0.25) is 0 Å². The average molecular weight is 402 g/mol. The van der Waals surface area contributed by atoms with Crippen LogP contribution in [0.25, 0.3) is 0 Å². The normalized spacial score (nSPS) is 10.9. The molecule has 0 aliphatic rings. The Labute approximate surface area is 162 Å². The smallest absolute Gasteiger partial charge is 0.336 e. The minimum atomic E-state index is -1.27. The van der Waals surface area contributed by atoms with E-state index in [0.29, 0.717) is 5.56 Å². The molecule has 1 rings (SSSR count). The number of carboxylic acids is 2. The quantitative estimate of drug-likeness (QED) is 0.281. The largest absolute Gasteiger partial charge is 0.478 e. The van der Waals surface area contributed by atoms with E-state index in [1.165, 1.54) is 12.1 Å². The topological polar surface area (TPSA) is 152 Å². The van der Waals surface area contributed by atoms with Crippen LogP contribution in [0.2, 0.25) is 0 Å². The fraction of sp³-hybridized carbons (Fsp3) is 0.556. The van der Waals surface area contributed by atoms with Crippen LogP contribution in [0.4, 0.5) is 0 Å². The van der Waals surface area contributed by atoms with Crippen molar-refractivity contribution in [3.05, 3.63) is 34.4 Å². The van der Waals surface area contributed by atoms with Crippen molar-refractivity contribution >= 4 is 11.9 Å². The molecule has 28 heavy (non-hydrogen) atoms. The summed E-state index contributed by atoms with van der Waals surface area (Å²) in [5, 5.41) is 36.1. The van der Waals surface area contributed by atoms with Gasteiger partial charge in [-0.1, -0.05) is 0 Å². The number of hydrogen-bond acceptors (Lipinski definition) is 8. The Morgan fingerprint density at radius 2 is 1.11 bits per heavy atom. The predicted molar refractivity (Wildman–Crippen MR) is 95.5 cm³/mol. The first-order valence-corrected chi connectivity index (χ1v) is 8.66. The third kappa shape index (κ3) is 8.74. The Kier molecular flexibility index (Phi) is 12.0. The molecule has 0 spiro atoms. The van der Waals surface area contributed by atoms with Crippen molar-refractivity contribution in [3.8, 4) is 0 Å². The lowest BCUT2D eigenvalue weighted by Gasteiger charge is -2.14. The number of ether oxygens (including phenoxy) is 4. The van der Waals surface area contributed by atoms with Crippen molar-refractivity contribution in [3.63, 3.8) is 0 Å². The number of carboxylic acid groups (broad SMARTS) is 2. The molecule has 10 nitrogen and oxygen atoms in total. The van der Waals surface area contributed by atoms with Gasteiger partial charge in [-0.3, -0.25) is 0 Å². The molecule has 1 aromatic carbocycles. The summed E-state index contributed by atoms with van der Waals surface area (Å²) in [5.41, 5.74) is 0.0989. The third-order valence-electron chi connectivity index (χ3n) is 3.50. The van der Waals surface area contributed by atoms with E-state index in [9.17, 15) is 19.8 Å². The van der Waals surface area contributed by atoms with Crippen LogP contribution in [-0.2, 0) is 32.2 Å². The molecule has 0 heterocycles. The van der Waals surface area contributed by atoms with Crippen LogP contribution in [0.15, 0.2) is 12.1 Å². The molecule has 0 saturated carbocycles. The summed E-state index contributed by atoms with van der Waals surface area (Å²) in [6.45, 7) is 0.711. The number of aliphatic hydroxyl groups is 2. The number of hydrogen-bond donors (Lipinski definition) is 4. The van der Waals surface area contributed by atoms with Crippen molar-refractivity contribution in [1.29, 1.82) is 0 Å². The van der Waals surface area contributed by atoms with E-state index in [2.05, 4.69) is 0 Å². The monoisotopic (exact) mass is 402 g/mol. The second kappa shape index (κ2) is 14.0. The van der Waals surface area contributed by atoms with Gasteiger partial charge >= 0.3 is 11.9 Å². The van der Waals surface area contributed by atoms with Gasteiger partial charge in [0, 0.05) is 5.56 Å².